The van der Waals surface area contributed by atoms with E-state index in [0.29, 0.717) is 17.2 Å². The number of oxime groups is 1. The Kier molecular flexibility index (Phi) is 4.24. The van der Waals surface area contributed by atoms with Gasteiger partial charge in [0.1, 0.15) is 5.02 Å². The molecular formula is C16H12Cl2N2O3. The fourth-order valence-electron chi connectivity index (χ4n) is 2.56. The van der Waals surface area contributed by atoms with Gasteiger partial charge >= 0.3 is 0 Å². The minimum Gasteiger partial charge on any atom is -0.387 e. The predicted octanol–water partition coefficient (Wildman–Crippen LogP) is 5.08. The van der Waals surface area contributed by atoms with Crippen LogP contribution in [0.5, 0.6) is 0 Å². The van der Waals surface area contributed by atoms with Crippen molar-refractivity contribution in [3.05, 3.63) is 73.2 Å². The molecule has 0 aromatic heterocycles. The Morgan fingerprint density at radius 3 is 2.70 bits per heavy atom. The number of halogens is 2. The van der Waals surface area contributed by atoms with Crippen LogP contribution in [0.2, 0.25) is 10.0 Å². The lowest BCUT2D eigenvalue weighted by atomic mass is 9.97. The van der Waals surface area contributed by atoms with Crippen LogP contribution in [0, 0.1) is 17.0 Å². The predicted molar refractivity (Wildman–Crippen MR) is 89.3 cm³/mol. The lowest BCUT2D eigenvalue weighted by Crippen LogP contribution is -2.05. The molecule has 0 N–H and O–H groups in total. The maximum Gasteiger partial charge on any atom is 0.288 e. The fourth-order valence-corrected chi connectivity index (χ4v) is 3.05. The standard InChI is InChI=1S/C16H12Cl2N2O3/c1-9-6-15(20(21)22)13(18)7-11(9)14-8-16(23-19-14)10-4-2-3-5-12(10)17/h2-7,16H,8H2,1H3. The summed E-state index contributed by atoms with van der Waals surface area (Å²) in [5.74, 6) is 0. The van der Waals surface area contributed by atoms with Crippen LogP contribution >= 0.6 is 23.2 Å². The van der Waals surface area contributed by atoms with E-state index >= 15 is 0 Å². The van der Waals surface area contributed by atoms with E-state index in [1.54, 1.807) is 19.1 Å². The van der Waals surface area contributed by atoms with Crippen LogP contribution in [0.25, 0.3) is 0 Å². The molecule has 1 aliphatic rings. The highest BCUT2D eigenvalue weighted by Gasteiger charge is 2.27. The molecular weight excluding hydrogens is 339 g/mol. The number of hydrogen-bond acceptors (Lipinski definition) is 4. The molecule has 0 spiro atoms. The zero-order valence-electron chi connectivity index (χ0n) is 12.1. The van der Waals surface area contributed by atoms with Crippen LogP contribution in [0.15, 0.2) is 41.6 Å². The van der Waals surface area contributed by atoms with Gasteiger partial charge in [-0.05, 0) is 24.6 Å². The first-order chi connectivity index (χ1) is 11.0. The number of nitrogens with zero attached hydrogens (tertiary/aromatic N) is 2. The largest absolute Gasteiger partial charge is 0.387 e. The second-order valence-corrected chi connectivity index (χ2v) is 6.05. The Labute approximate surface area is 142 Å². The average Bonchev–Trinajstić information content (AvgIpc) is 2.99. The quantitative estimate of drug-likeness (QED) is 0.572. The van der Waals surface area contributed by atoms with E-state index in [0.717, 1.165) is 16.7 Å². The van der Waals surface area contributed by atoms with Crippen molar-refractivity contribution in [2.75, 3.05) is 0 Å². The van der Waals surface area contributed by atoms with Gasteiger partial charge in [0.05, 0.1) is 10.6 Å². The molecule has 3 rings (SSSR count). The number of nitro benzene ring substituents is 1. The van der Waals surface area contributed by atoms with Gasteiger partial charge in [-0.1, -0.05) is 46.6 Å². The Hall–Kier alpha value is -2.11. The minimum absolute atomic E-state index is 0.0829. The highest BCUT2D eigenvalue weighted by Crippen LogP contribution is 2.36. The molecule has 1 atom stereocenters. The first-order valence-corrected chi connectivity index (χ1v) is 7.65. The molecule has 7 heteroatoms. The first-order valence-electron chi connectivity index (χ1n) is 6.89. The number of rotatable bonds is 3. The summed E-state index contributed by atoms with van der Waals surface area (Å²) in [4.78, 5) is 15.9. The van der Waals surface area contributed by atoms with Gasteiger partial charge in [-0.2, -0.15) is 0 Å². The molecule has 0 saturated carbocycles. The van der Waals surface area contributed by atoms with Crippen LogP contribution in [-0.4, -0.2) is 10.6 Å². The van der Waals surface area contributed by atoms with Gasteiger partial charge < -0.3 is 4.84 Å². The monoisotopic (exact) mass is 350 g/mol. The van der Waals surface area contributed by atoms with Gasteiger partial charge in [-0.3, -0.25) is 10.1 Å². The van der Waals surface area contributed by atoms with Gasteiger partial charge in [-0.25, -0.2) is 0 Å². The van der Waals surface area contributed by atoms with Crippen molar-refractivity contribution >= 4 is 34.6 Å². The van der Waals surface area contributed by atoms with E-state index in [-0.39, 0.29) is 16.8 Å². The number of hydrogen-bond donors (Lipinski definition) is 0. The lowest BCUT2D eigenvalue weighted by Gasteiger charge is -2.10. The second-order valence-electron chi connectivity index (χ2n) is 5.23. The molecule has 2 aromatic carbocycles. The molecule has 0 bridgehead atoms. The van der Waals surface area contributed by atoms with Gasteiger partial charge in [0.2, 0.25) is 0 Å². The van der Waals surface area contributed by atoms with Crippen molar-refractivity contribution in [1.82, 2.24) is 0 Å². The van der Waals surface area contributed by atoms with E-state index in [9.17, 15) is 10.1 Å². The molecule has 0 radical (unpaired) electrons. The van der Waals surface area contributed by atoms with E-state index < -0.39 is 4.92 Å². The lowest BCUT2D eigenvalue weighted by molar-refractivity contribution is -0.384. The maximum absolute atomic E-state index is 10.9. The van der Waals surface area contributed by atoms with Crippen molar-refractivity contribution in [1.29, 1.82) is 0 Å². The summed E-state index contributed by atoms with van der Waals surface area (Å²) in [5.41, 5.74) is 2.91. The maximum atomic E-state index is 10.9. The molecule has 0 saturated heterocycles. The SMILES string of the molecule is Cc1cc([N+](=O)[O-])c(Cl)cc1C1=NOC(c2ccccc2Cl)C1. The first kappa shape index (κ1) is 15.8. The Balaban J connectivity index is 1.89. The van der Waals surface area contributed by atoms with Crippen molar-refractivity contribution < 1.29 is 9.76 Å². The van der Waals surface area contributed by atoms with Gasteiger partial charge in [0.15, 0.2) is 6.10 Å². The van der Waals surface area contributed by atoms with Crippen LogP contribution in [0.4, 0.5) is 5.69 Å². The number of aryl methyl sites for hydroxylation is 1. The van der Waals surface area contributed by atoms with Crippen LogP contribution in [0.3, 0.4) is 0 Å². The molecule has 1 heterocycles. The summed E-state index contributed by atoms with van der Waals surface area (Å²) in [7, 11) is 0. The molecule has 0 fully saturated rings. The summed E-state index contributed by atoms with van der Waals surface area (Å²) in [6, 6.07) is 10.4. The topological polar surface area (TPSA) is 64.7 Å². The Morgan fingerprint density at radius 1 is 1.26 bits per heavy atom. The fraction of sp³-hybridized carbons (Fsp3) is 0.188. The zero-order valence-corrected chi connectivity index (χ0v) is 13.6. The normalized spacial score (nSPS) is 16.8. The summed E-state index contributed by atoms with van der Waals surface area (Å²) < 4.78 is 0. The highest BCUT2D eigenvalue weighted by molar-refractivity contribution is 6.33. The van der Waals surface area contributed by atoms with Crippen molar-refractivity contribution in [2.24, 2.45) is 5.16 Å². The number of benzene rings is 2. The van der Waals surface area contributed by atoms with Crippen LogP contribution in [-0.2, 0) is 4.84 Å². The second kappa shape index (κ2) is 6.18. The molecule has 0 amide bonds. The third-order valence-corrected chi connectivity index (χ3v) is 4.37. The summed E-state index contributed by atoms with van der Waals surface area (Å²) >= 11 is 12.2. The molecule has 1 unspecified atom stereocenters. The van der Waals surface area contributed by atoms with Crippen LogP contribution < -0.4 is 0 Å². The highest BCUT2D eigenvalue weighted by atomic mass is 35.5. The third kappa shape index (κ3) is 3.02. The van der Waals surface area contributed by atoms with Gasteiger partial charge in [-0.15, -0.1) is 0 Å². The van der Waals surface area contributed by atoms with Crippen molar-refractivity contribution in [3.8, 4) is 0 Å². The average molecular weight is 351 g/mol. The van der Waals surface area contributed by atoms with Crippen LogP contribution in [0.1, 0.15) is 29.2 Å². The minimum atomic E-state index is -0.501. The summed E-state index contributed by atoms with van der Waals surface area (Å²) in [5, 5.41) is 15.7. The van der Waals surface area contributed by atoms with Gasteiger partial charge in [0.25, 0.3) is 5.69 Å². The van der Waals surface area contributed by atoms with Crippen molar-refractivity contribution in [3.63, 3.8) is 0 Å². The molecule has 5 nitrogen and oxygen atoms in total. The third-order valence-electron chi connectivity index (χ3n) is 3.72. The van der Waals surface area contributed by atoms with E-state index in [4.69, 9.17) is 28.0 Å². The number of nitro groups is 1. The molecule has 0 aliphatic carbocycles. The molecule has 23 heavy (non-hydrogen) atoms. The van der Waals surface area contributed by atoms with Crippen molar-refractivity contribution in [2.45, 2.75) is 19.4 Å². The van der Waals surface area contributed by atoms with E-state index in [1.807, 2.05) is 18.2 Å². The Bertz CT molecular complexity index is 821. The van der Waals surface area contributed by atoms with Gasteiger partial charge in [0, 0.05) is 28.6 Å². The summed E-state index contributed by atoms with van der Waals surface area (Å²) in [6.45, 7) is 1.78. The smallest absolute Gasteiger partial charge is 0.288 e. The zero-order chi connectivity index (χ0) is 16.6. The molecule has 1 aliphatic heterocycles. The molecule has 118 valence electrons. The summed E-state index contributed by atoms with van der Waals surface area (Å²) in [6.07, 6.45) is 0.255. The molecule has 2 aromatic rings. The Morgan fingerprint density at radius 2 is 2.00 bits per heavy atom. The van der Waals surface area contributed by atoms with E-state index in [2.05, 4.69) is 5.16 Å². The van der Waals surface area contributed by atoms with E-state index in [1.165, 1.54) is 6.07 Å².